The molecule has 0 spiro atoms. The van der Waals surface area contributed by atoms with Crippen LogP contribution in [0, 0.1) is 0 Å². The molecular formula is C19H44N4. The van der Waals surface area contributed by atoms with Gasteiger partial charge in [-0.1, -0.05) is 58.3 Å². The largest absolute Gasteiger partial charge is 0.317 e. The SMILES string of the molecule is CCCNCCCCCCCCCCCCNCCC(C)(N)N. The lowest BCUT2D eigenvalue weighted by Gasteiger charge is -2.18. The first-order valence-electron chi connectivity index (χ1n) is 10.1. The second-order valence-corrected chi connectivity index (χ2v) is 7.29. The maximum absolute atomic E-state index is 5.74. The molecule has 0 atom stereocenters. The molecule has 0 aromatic rings. The molecule has 140 valence electrons. The van der Waals surface area contributed by atoms with E-state index < -0.39 is 5.66 Å². The molecule has 0 aliphatic rings. The summed E-state index contributed by atoms with van der Waals surface area (Å²) in [5.41, 5.74) is 10.9. The van der Waals surface area contributed by atoms with Crippen LogP contribution in [0.5, 0.6) is 0 Å². The fourth-order valence-corrected chi connectivity index (χ4v) is 2.70. The van der Waals surface area contributed by atoms with E-state index in [2.05, 4.69) is 17.6 Å². The van der Waals surface area contributed by atoms with Gasteiger partial charge >= 0.3 is 0 Å². The van der Waals surface area contributed by atoms with Crippen molar-refractivity contribution in [3.8, 4) is 0 Å². The zero-order valence-electron chi connectivity index (χ0n) is 16.0. The summed E-state index contributed by atoms with van der Waals surface area (Å²) in [6.07, 6.45) is 15.9. The molecule has 23 heavy (non-hydrogen) atoms. The Balaban J connectivity index is 3.00. The fourth-order valence-electron chi connectivity index (χ4n) is 2.70. The van der Waals surface area contributed by atoms with Crippen LogP contribution < -0.4 is 22.1 Å². The van der Waals surface area contributed by atoms with Gasteiger partial charge in [-0.3, -0.25) is 0 Å². The minimum Gasteiger partial charge on any atom is -0.317 e. The van der Waals surface area contributed by atoms with Crippen molar-refractivity contribution in [3.63, 3.8) is 0 Å². The quantitative estimate of drug-likeness (QED) is 0.229. The van der Waals surface area contributed by atoms with Crippen molar-refractivity contribution in [1.82, 2.24) is 10.6 Å². The Kier molecular flexibility index (Phi) is 16.6. The van der Waals surface area contributed by atoms with Crippen molar-refractivity contribution in [2.45, 2.75) is 96.6 Å². The van der Waals surface area contributed by atoms with Gasteiger partial charge in [0, 0.05) is 0 Å². The van der Waals surface area contributed by atoms with Crippen molar-refractivity contribution in [3.05, 3.63) is 0 Å². The second kappa shape index (κ2) is 16.7. The van der Waals surface area contributed by atoms with Crippen molar-refractivity contribution in [2.75, 3.05) is 26.2 Å². The molecule has 0 unspecified atom stereocenters. The molecule has 0 radical (unpaired) electrons. The molecule has 0 fully saturated rings. The van der Waals surface area contributed by atoms with Gasteiger partial charge in [0.25, 0.3) is 0 Å². The Hall–Kier alpha value is -0.160. The molecule has 0 aliphatic carbocycles. The van der Waals surface area contributed by atoms with Crippen LogP contribution in [0.1, 0.15) is 90.9 Å². The zero-order chi connectivity index (χ0) is 17.2. The van der Waals surface area contributed by atoms with Crippen molar-refractivity contribution < 1.29 is 0 Å². The highest BCUT2D eigenvalue weighted by Gasteiger charge is 2.08. The lowest BCUT2D eigenvalue weighted by atomic mass is 10.1. The maximum Gasteiger partial charge on any atom is 0.0619 e. The standard InChI is InChI=1S/C19H44N4/c1-3-15-22-16-12-10-8-6-4-5-7-9-11-13-17-23-18-14-19(2,20)21/h22-23H,3-18,20-21H2,1-2H3. The lowest BCUT2D eigenvalue weighted by Crippen LogP contribution is -2.48. The Morgan fingerprint density at radius 3 is 1.39 bits per heavy atom. The van der Waals surface area contributed by atoms with E-state index in [1.54, 1.807) is 0 Å². The molecule has 4 heteroatoms. The van der Waals surface area contributed by atoms with Gasteiger partial charge in [-0.25, -0.2) is 0 Å². The van der Waals surface area contributed by atoms with E-state index in [9.17, 15) is 0 Å². The van der Waals surface area contributed by atoms with Crippen LogP contribution in [0.4, 0.5) is 0 Å². The van der Waals surface area contributed by atoms with E-state index in [1.807, 2.05) is 6.92 Å². The normalized spacial score (nSPS) is 12.0. The van der Waals surface area contributed by atoms with E-state index >= 15 is 0 Å². The Morgan fingerprint density at radius 1 is 0.609 bits per heavy atom. The molecule has 6 N–H and O–H groups in total. The number of nitrogens with two attached hydrogens (primary N) is 2. The third-order valence-electron chi connectivity index (χ3n) is 4.22. The van der Waals surface area contributed by atoms with Gasteiger partial charge in [-0.2, -0.15) is 0 Å². The van der Waals surface area contributed by atoms with Gasteiger partial charge in [-0.15, -0.1) is 0 Å². The molecular weight excluding hydrogens is 284 g/mol. The van der Waals surface area contributed by atoms with Gasteiger partial charge in [0.05, 0.1) is 5.66 Å². The zero-order valence-corrected chi connectivity index (χ0v) is 16.0. The van der Waals surface area contributed by atoms with Crippen molar-refractivity contribution in [2.24, 2.45) is 11.5 Å². The maximum atomic E-state index is 5.74. The van der Waals surface area contributed by atoms with E-state index in [0.29, 0.717) is 0 Å². The predicted octanol–water partition coefficient (Wildman–Crippen LogP) is 3.50. The van der Waals surface area contributed by atoms with Crippen LogP contribution in [-0.4, -0.2) is 31.8 Å². The average molecular weight is 329 g/mol. The monoisotopic (exact) mass is 328 g/mol. The highest BCUT2D eigenvalue weighted by Crippen LogP contribution is 2.10. The number of rotatable bonds is 18. The van der Waals surface area contributed by atoms with Crippen LogP contribution in [0.2, 0.25) is 0 Å². The molecule has 0 bridgehead atoms. The number of unbranched alkanes of at least 4 members (excludes halogenated alkanes) is 9. The summed E-state index contributed by atoms with van der Waals surface area (Å²) in [6, 6.07) is 0. The highest BCUT2D eigenvalue weighted by molar-refractivity contribution is 4.70. The molecule has 0 aromatic heterocycles. The van der Waals surface area contributed by atoms with E-state index in [1.165, 1.54) is 83.7 Å². The molecule has 4 nitrogen and oxygen atoms in total. The summed E-state index contributed by atoms with van der Waals surface area (Å²) < 4.78 is 0. The first-order valence-corrected chi connectivity index (χ1v) is 10.1. The first kappa shape index (κ1) is 22.8. The Labute approximate surface area is 145 Å². The number of nitrogens with one attached hydrogen (secondary N) is 2. The number of hydrogen-bond donors (Lipinski definition) is 4. The minimum atomic E-state index is -0.529. The summed E-state index contributed by atoms with van der Waals surface area (Å²) in [7, 11) is 0. The van der Waals surface area contributed by atoms with Crippen LogP contribution in [0.15, 0.2) is 0 Å². The van der Waals surface area contributed by atoms with Crippen LogP contribution >= 0.6 is 0 Å². The number of hydrogen-bond acceptors (Lipinski definition) is 4. The summed E-state index contributed by atoms with van der Waals surface area (Å²) in [6.45, 7) is 8.51. The van der Waals surface area contributed by atoms with Crippen LogP contribution in [-0.2, 0) is 0 Å². The van der Waals surface area contributed by atoms with E-state index in [-0.39, 0.29) is 0 Å². The van der Waals surface area contributed by atoms with E-state index in [0.717, 1.165) is 19.5 Å². The Morgan fingerprint density at radius 2 is 1.00 bits per heavy atom. The topological polar surface area (TPSA) is 76.1 Å². The summed E-state index contributed by atoms with van der Waals surface area (Å²) in [5.74, 6) is 0. The minimum absolute atomic E-state index is 0.529. The highest BCUT2D eigenvalue weighted by atomic mass is 15.0. The smallest absolute Gasteiger partial charge is 0.0619 e. The summed E-state index contributed by atoms with van der Waals surface area (Å²) in [5, 5.41) is 6.89. The molecule has 0 saturated heterocycles. The van der Waals surface area contributed by atoms with Crippen molar-refractivity contribution >= 4 is 0 Å². The summed E-state index contributed by atoms with van der Waals surface area (Å²) >= 11 is 0. The first-order chi connectivity index (χ1) is 11.1. The molecule has 0 amide bonds. The Bertz CT molecular complexity index is 226. The average Bonchev–Trinajstić information content (AvgIpc) is 2.49. The predicted molar refractivity (Wildman–Crippen MR) is 104 cm³/mol. The van der Waals surface area contributed by atoms with Crippen LogP contribution in [0.3, 0.4) is 0 Å². The van der Waals surface area contributed by atoms with Gasteiger partial charge in [0.2, 0.25) is 0 Å². The van der Waals surface area contributed by atoms with Gasteiger partial charge in [0.15, 0.2) is 0 Å². The van der Waals surface area contributed by atoms with Crippen LogP contribution in [0.25, 0.3) is 0 Å². The lowest BCUT2D eigenvalue weighted by molar-refractivity contribution is 0.430. The third kappa shape index (κ3) is 21.8. The molecule has 0 aliphatic heterocycles. The third-order valence-corrected chi connectivity index (χ3v) is 4.22. The van der Waals surface area contributed by atoms with Gasteiger partial charge in [0.1, 0.15) is 0 Å². The fraction of sp³-hybridized carbons (Fsp3) is 1.00. The van der Waals surface area contributed by atoms with Gasteiger partial charge in [-0.05, 0) is 58.8 Å². The van der Waals surface area contributed by atoms with E-state index in [4.69, 9.17) is 11.5 Å². The van der Waals surface area contributed by atoms with Crippen molar-refractivity contribution in [1.29, 1.82) is 0 Å². The molecule has 0 heterocycles. The van der Waals surface area contributed by atoms with Gasteiger partial charge < -0.3 is 22.1 Å². The summed E-state index contributed by atoms with van der Waals surface area (Å²) in [4.78, 5) is 0. The molecule has 0 rings (SSSR count). The molecule has 0 aromatic carbocycles. The molecule has 0 saturated carbocycles. The second-order valence-electron chi connectivity index (χ2n) is 7.29.